The van der Waals surface area contributed by atoms with Gasteiger partial charge in [0.25, 0.3) is 0 Å². The third-order valence-electron chi connectivity index (χ3n) is 5.20. The first-order valence-corrected chi connectivity index (χ1v) is 9.31. The molecule has 1 aromatic heterocycles. The second kappa shape index (κ2) is 7.25. The zero-order valence-corrected chi connectivity index (χ0v) is 14.9. The average molecular weight is 338 g/mol. The molecule has 1 aromatic carbocycles. The molecule has 1 N–H and O–H groups in total. The summed E-state index contributed by atoms with van der Waals surface area (Å²) >= 11 is 0. The molecule has 2 aromatic rings. The topological polar surface area (TPSA) is 57.2 Å². The lowest BCUT2D eigenvalue weighted by molar-refractivity contribution is 0.643. The van der Waals surface area contributed by atoms with Crippen molar-refractivity contribution in [1.82, 2.24) is 15.2 Å². The van der Waals surface area contributed by atoms with Crippen LogP contribution in [-0.2, 0) is 0 Å². The van der Waals surface area contributed by atoms with Crippen molar-refractivity contribution in [2.45, 2.75) is 38.6 Å². The van der Waals surface area contributed by atoms with Gasteiger partial charge in [-0.1, -0.05) is 25.0 Å². The van der Waals surface area contributed by atoms with E-state index >= 15 is 0 Å². The first kappa shape index (κ1) is 16.1. The van der Waals surface area contributed by atoms with E-state index in [1.165, 1.54) is 36.9 Å². The predicted molar refractivity (Wildman–Crippen MR) is 101 cm³/mol. The van der Waals surface area contributed by atoms with Gasteiger partial charge in [0.2, 0.25) is 5.95 Å². The lowest BCUT2D eigenvalue weighted by atomic mass is 10.2. The molecule has 1 saturated carbocycles. The Labute approximate surface area is 149 Å². The number of nitrogens with zero attached hydrogens (tertiary/aromatic N) is 5. The van der Waals surface area contributed by atoms with Crippen LogP contribution in [0.25, 0.3) is 0 Å². The van der Waals surface area contributed by atoms with Gasteiger partial charge in [0.15, 0.2) is 5.82 Å². The monoisotopic (exact) mass is 338 g/mol. The Hall–Kier alpha value is -2.37. The van der Waals surface area contributed by atoms with Gasteiger partial charge in [-0.25, -0.2) is 0 Å². The Balaban J connectivity index is 1.38. The molecule has 0 atom stereocenters. The Morgan fingerprint density at radius 1 is 1.04 bits per heavy atom. The third-order valence-corrected chi connectivity index (χ3v) is 5.20. The fraction of sp³-hybridized carbons (Fsp3) is 0.526. The Bertz CT molecular complexity index is 705. The van der Waals surface area contributed by atoms with Crippen LogP contribution in [0.15, 0.2) is 30.5 Å². The van der Waals surface area contributed by atoms with E-state index < -0.39 is 0 Å². The van der Waals surface area contributed by atoms with Crippen molar-refractivity contribution in [2.24, 2.45) is 0 Å². The molecule has 0 bridgehead atoms. The Kier molecular flexibility index (Phi) is 4.68. The Morgan fingerprint density at radius 3 is 2.56 bits per heavy atom. The highest BCUT2D eigenvalue weighted by Crippen LogP contribution is 2.22. The highest BCUT2D eigenvalue weighted by atomic mass is 15.3. The van der Waals surface area contributed by atoms with Gasteiger partial charge in [0, 0.05) is 37.9 Å². The summed E-state index contributed by atoms with van der Waals surface area (Å²) in [7, 11) is 0. The average Bonchev–Trinajstić information content (AvgIpc) is 3.15. The lowest BCUT2D eigenvalue weighted by Crippen LogP contribution is -2.47. The minimum Gasteiger partial charge on any atom is -0.368 e. The van der Waals surface area contributed by atoms with E-state index in [1.807, 2.05) is 0 Å². The van der Waals surface area contributed by atoms with Crippen molar-refractivity contribution in [1.29, 1.82) is 0 Å². The summed E-state index contributed by atoms with van der Waals surface area (Å²) in [5.41, 5.74) is 2.62. The summed E-state index contributed by atoms with van der Waals surface area (Å²) in [6, 6.07) is 9.23. The van der Waals surface area contributed by atoms with E-state index in [-0.39, 0.29) is 0 Å². The maximum absolute atomic E-state index is 4.69. The zero-order valence-electron chi connectivity index (χ0n) is 14.9. The van der Waals surface area contributed by atoms with Crippen molar-refractivity contribution in [3.8, 4) is 0 Å². The number of benzene rings is 1. The number of aromatic nitrogens is 3. The van der Waals surface area contributed by atoms with Gasteiger partial charge in [-0.15, -0.1) is 5.10 Å². The van der Waals surface area contributed by atoms with Crippen LogP contribution in [-0.4, -0.2) is 47.4 Å². The molecule has 1 saturated heterocycles. The van der Waals surface area contributed by atoms with E-state index in [9.17, 15) is 0 Å². The van der Waals surface area contributed by atoms with E-state index in [0.29, 0.717) is 12.0 Å². The molecule has 25 heavy (non-hydrogen) atoms. The highest BCUT2D eigenvalue weighted by Gasteiger charge is 2.20. The molecule has 0 radical (unpaired) electrons. The SMILES string of the molecule is Cc1cccc(N2CCN(c3cnnc(NC4CCCC4)n3)CC2)c1. The number of hydrogen-bond acceptors (Lipinski definition) is 6. The largest absolute Gasteiger partial charge is 0.368 e. The van der Waals surface area contributed by atoms with Crippen LogP contribution >= 0.6 is 0 Å². The second-order valence-electron chi connectivity index (χ2n) is 7.08. The van der Waals surface area contributed by atoms with Gasteiger partial charge in [0.1, 0.15) is 0 Å². The van der Waals surface area contributed by atoms with Gasteiger partial charge in [-0.05, 0) is 37.5 Å². The van der Waals surface area contributed by atoms with Crippen LogP contribution in [0.2, 0.25) is 0 Å². The minimum absolute atomic E-state index is 0.509. The standard InChI is InChI=1S/C19H26N6/c1-15-5-4-8-17(13-15)24-9-11-25(12-10-24)18-14-20-23-19(22-18)21-16-6-2-3-7-16/h4-5,8,13-14,16H,2-3,6-7,9-12H2,1H3,(H,21,22,23). The molecule has 2 fully saturated rings. The predicted octanol–water partition coefficient (Wildman–Crippen LogP) is 2.86. The van der Waals surface area contributed by atoms with Crippen molar-refractivity contribution < 1.29 is 0 Å². The minimum atomic E-state index is 0.509. The van der Waals surface area contributed by atoms with E-state index in [0.717, 1.165) is 32.0 Å². The number of hydrogen-bond donors (Lipinski definition) is 1. The third kappa shape index (κ3) is 3.83. The van der Waals surface area contributed by atoms with Gasteiger partial charge in [-0.2, -0.15) is 10.1 Å². The van der Waals surface area contributed by atoms with Crippen molar-refractivity contribution in [2.75, 3.05) is 41.3 Å². The molecule has 0 spiro atoms. The molecular weight excluding hydrogens is 312 g/mol. The summed E-state index contributed by atoms with van der Waals surface area (Å²) < 4.78 is 0. The second-order valence-corrected chi connectivity index (χ2v) is 7.08. The molecule has 1 aliphatic heterocycles. The van der Waals surface area contributed by atoms with E-state index in [4.69, 9.17) is 4.98 Å². The molecule has 1 aliphatic carbocycles. The molecule has 132 valence electrons. The maximum Gasteiger partial charge on any atom is 0.244 e. The lowest BCUT2D eigenvalue weighted by Gasteiger charge is -2.36. The number of anilines is 3. The van der Waals surface area contributed by atoms with Crippen LogP contribution in [0.4, 0.5) is 17.5 Å². The summed E-state index contributed by atoms with van der Waals surface area (Å²) in [5, 5.41) is 11.8. The fourth-order valence-corrected chi connectivity index (χ4v) is 3.78. The number of nitrogens with one attached hydrogen (secondary N) is 1. The molecule has 2 heterocycles. The summed E-state index contributed by atoms with van der Waals surface area (Å²) in [6.45, 7) is 6.05. The molecule has 6 nitrogen and oxygen atoms in total. The Morgan fingerprint density at radius 2 is 1.80 bits per heavy atom. The van der Waals surface area contributed by atoms with E-state index in [1.54, 1.807) is 6.20 Å². The maximum atomic E-state index is 4.69. The van der Waals surface area contributed by atoms with Crippen LogP contribution in [0.3, 0.4) is 0 Å². The zero-order chi connectivity index (χ0) is 17.1. The summed E-state index contributed by atoms with van der Waals surface area (Å²) in [6.07, 6.45) is 6.80. The number of piperazine rings is 1. The summed E-state index contributed by atoms with van der Waals surface area (Å²) in [5.74, 6) is 1.60. The molecule has 6 heteroatoms. The first-order chi connectivity index (χ1) is 12.3. The molecule has 4 rings (SSSR count). The van der Waals surface area contributed by atoms with Crippen molar-refractivity contribution in [3.05, 3.63) is 36.0 Å². The smallest absolute Gasteiger partial charge is 0.244 e. The number of aryl methyl sites for hydroxylation is 1. The van der Waals surface area contributed by atoms with Gasteiger partial charge >= 0.3 is 0 Å². The van der Waals surface area contributed by atoms with Crippen LogP contribution < -0.4 is 15.1 Å². The first-order valence-electron chi connectivity index (χ1n) is 9.31. The van der Waals surface area contributed by atoms with Crippen LogP contribution in [0, 0.1) is 6.92 Å². The normalized spacial score (nSPS) is 18.6. The molecule has 0 amide bonds. The quantitative estimate of drug-likeness (QED) is 0.925. The van der Waals surface area contributed by atoms with Crippen molar-refractivity contribution in [3.63, 3.8) is 0 Å². The summed E-state index contributed by atoms with van der Waals surface area (Å²) in [4.78, 5) is 9.44. The highest BCUT2D eigenvalue weighted by molar-refractivity contribution is 5.51. The molecule has 0 unspecified atom stereocenters. The fourth-order valence-electron chi connectivity index (χ4n) is 3.78. The van der Waals surface area contributed by atoms with Crippen LogP contribution in [0.5, 0.6) is 0 Å². The van der Waals surface area contributed by atoms with Gasteiger partial charge in [0.05, 0.1) is 6.20 Å². The van der Waals surface area contributed by atoms with Gasteiger partial charge in [-0.3, -0.25) is 0 Å². The van der Waals surface area contributed by atoms with Crippen LogP contribution in [0.1, 0.15) is 31.2 Å². The van der Waals surface area contributed by atoms with Crippen molar-refractivity contribution >= 4 is 17.5 Å². The molecular formula is C19H26N6. The molecule has 2 aliphatic rings. The number of rotatable bonds is 4. The van der Waals surface area contributed by atoms with Gasteiger partial charge < -0.3 is 15.1 Å². The van der Waals surface area contributed by atoms with E-state index in [2.05, 4.69) is 56.5 Å².